The molecule has 2 aliphatic rings. The average molecular weight is 629 g/mol. The molecule has 2 heterocycles. The molecule has 0 aliphatic carbocycles. The Hall–Kier alpha value is -2.08. The normalized spacial score (nSPS) is 22.5. The molecule has 0 aromatic heterocycles. The van der Waals surface area contributed by atoms with Crippen molar-refractivity contribution in [2.45, 2.75) is 50.1 Å². The number of nitrogens with one attached hydrogen (secondary N) is 1. The first-order valence-electron chi connectivity index (χ1n) is 11.6. The van der Waals surface area contributed by atoms with Gasteiger partial charge < -0.3 is 15.0 Å². The van der Waals surface area contributed by atoms with Gasteiger partial charge >= 0.3 is 6.09 Å². The second-order valence-electron chi connectivity index (χ2n) is 9.89. The summed E-state index contributed by atoms with van der Waals surface area (Å²) in [6.07, 6.45) is -0.516. The number of hydrogen-bond acceptors (Lipinski definition) is 6. The highest BCUT2D eigenvalue weighted by Crippen LogP contribution is 2.43. The number of rotatable bonds is 5. The number of amidine groups is 1. The molecule has 0 unspecified atom stereocenters. The van der Waals surface area contributed by atoms with Crippen LogP contribution in [0.5, 0.6) is 0 Å². The fourth-order valence-corrected chi connectivity index (χ4v) is 8.87. The summed E-state index contributed by atoms with van der Waals surface area (Å²) in [4.78, 5) is 32.2. The monoisotopic (exact) mass is 627 g/mol. The molecular formula is C25H27BrClN3O5S2. The van der Waals surface area contributed by atoms with E-state index in [0.717, 1.165) is 10.0 Å². The number of thioether (sulfide) groups is 1. The molecule has 1 N–H and O–H groups in total. The van der Waals surface area contributed by atoms with Gasteiger partial charge in [-0.2, -0.15) is 4.99 Å². The predicted octanol–water partition coefficient (Wildman–Crippen LogP) is 4.84. The smallest absolute Gasteiger partial charge is 0.408 e. The van der Waals surface area contributed by atoms with Crippen LogP contribution < -0.4 is 10.2 Å². The molecule has 0 spiro atoms. The molecule has 198 valence electrons. The SMILES string of the molecule is CC(C)(C)OC(=O)N[C@@H](Cc1ccccc1)C(=O)N=C1S[C@H]2CS(=O)(=O)C[C@H]2N1c1ccc(Br)cc1Cl. The fraction of sp³-hybridized carbons (Fsp3) is 0.400. The van der Waals surface area contributed by atoms with Crippen molar-refractivity contribution in [3.63, 3.8) is 0 Å². The highest BCUT2D eigenvalue weighted by atomic mass is 79.9. The standard InChI is InChI=1S/C25H27BrClN3O5S2/c1-25(2,3)35-24(32)28-18(11-15-7-5-4-6-8-15)22(31)29-23-30(19-10-9-16(26)12-17(19)27)20-13-37(33,34)14-21(20)36-23/h4-10,12,18,20-21H,11,13-14H2,1-3H3,(H,28,32)/t18-,20+,21-/m0/s1. The van der Waals surface area contributed by atoms with Gasteiger partial charge in [0.25, 0.3) is 5.91 Å². The maximum Gasteiger partial charge on any atom is 0.408 e. The van der Waals surface area contributed by atoms with Crippen molar-refractivity contribution in [2.24, 2.45) is 4.99 Å². The molecule has 2 aromatic carbocycles. The number of fused-ring (bicyclic) bond motifs is 1. The van der Waals surface area contributed by atoms with E-state index in [2.05, 4.69) is 26.2 Å². The lowest BCUT2D eigenvalue weighted by molar-refractivity contribution is -0.119. The molecule has 37 heavy (non-hydrogen) atoms. The van der Waals surface area contributed by atoms with Crippen LogP contribution in [-0.4, -0.2) is 60.0 Å². The maximum atomic E-state index is 13.5. The number of halogens is 2. The van der Waals surface area contributed by atoms with Gasteiger partial charge in [0, 0.05) is 16.1 Å². The molecule has 2 aliphatic heterocycles. The van der Waals surface area contributed by atoms with Crippen LogP contribution in [0.2, 0.25) is 5.02 Å². The first-order valence-corrected chi connectivity index (χ1v) is 15.5. The second-order valence-corrected chi connectivity index (χ2v) is 14.6. The average Bonchev–Trinajstić information content (AvgIpc) is 3.24. The van der Waals surface area contributed by atoms with Crippen molar-refractivity contribution in [3.8, 4) is 0 Å². The lowest BCUT2D eigenvalue weighted by Crippen LogP contribution is -2.45. The van der Waals surface area contributed by atoms with Gasteiger partial charge in [0.2, 0.25) is 0 Å². The minimum absolute atomic E-state index is 0.0101. The van der Waals surface area contributed by atoms with E-state index >= 15 is 0 Å². The van der Waals surface area contributed by atoms with E-state index in [9.17, 15) is 18.0 Å². The highest BCUT2D eigenvalue weighted by Gasteiger charge is 2.50. The Morgan fingerprint density at radius 3 is 2.57 bits per heavy atom. The maximum absolute atomic E-state index is 13.5. The van der Waals surface area contributed by atoms with Crippen LogP contribution in [0.15, 0.2) is 58.0 Å². The second kappa shape index (κ2) is 11.0. The zero-order chi connectivity index (χ0) is 27.0. The first kappa shape index (κ1) is 27.9. The van der Waals surface area contributed by atoms with Gasteiger partial charge in [-0.05, 0) is 44.5 Å². The van der Waals surface area contributed by atoms with Crippen LogP contribution in [0.25, 0.3) is 0 Å². The third kappa shape index (κ3) is 7.07. The number of benzene rings is 2. The summed E-state index contributed by atoms with van der Waals surface area (Å²) in [7, 11) is -3.24. The molecular weight excluding hydrogens is 602 g/mol. The summed E-state index contributed by atoms with van der Waals surface area (Å²) in [5.41, 5.74) is 0.663. The van der Waals surface area contributed by atoms with Crippen LogP contribution in [0.4, 0.5) is 10.5 Å². The third-order valence-corrected chi connectivity index (χ3v) is 9.72. The van der Waals surface area contributed by atoms with Crippen LogP contribution in [0, 0.1) is 0 Å². The highest BCUT2D eigenvalue weighted by molar-refractivity contribution is 9.10. The van der Waals surface area contributed by atoms with Gasteiger partial charge in [-0.25, -0.2) is 13.2 Å². The van der Waals surface area contributed by atoms with E-state index in [1.54, 1.807) is 43.9 Å². The van der Waals surface area contributed by atoms with Crippen molar-refractivity contribution in [3.05, 3.63) is 63.6 Å². The molecule has 0 saturated carbocycles. The number of nitrogens with zero attached hydrogens (tertiary/aromatic N) is 2. The van der Waals surface area contributed by atoms with Gasteiger partial charge in [0.05, 0.1) is 28.3 Å². The van der Waals surface area contributed by atoms with E-state index in [0.29, 0.717) is 15.9 Å². The van der Waals surface area contributed by atoms with Crippen molar-refractivity contribution in [1.82, 2.24) is 5.32 Å². The van der Waals surface area contributed by atoms with E-state index in [-0.39, 0.29) is 23.2 Å². The zero-order valence-corrected chi connectivity index (χ0v) is 24.5. The van der Waals surface area contributed by atoms with E-state index < -0.39 is 39.5 Å². The molecule has 12 heteroatoms. The molecule has 4 rings (SSSR count). The number of anilines is 1. The minimum atomic E-state index is -3.24. The van der Waals surface area contributed by atoms with Crippen LogP contribution >= 0.6 is 39.3 Å². The first-order chi connectivity index (χ1) is 17.3. The Bertz CT molecular complexity index is 1330. The summed E-state index contributed by atoms with van der Waals surface area (Å²) >= 11 is 11.2. The molecule has 8 nitrogen and oxygen atoms in total. The number of carbonyl (C=O) groups excluding carboxylic acids is 2. The van der Waals surface area contributed by atoms with Gasteiger partial charge in [-0.3, -0.25) is 4.79 Å². The Morgan fingerprint density at radius 2 is 1.92 bits per heavy atom. The molecule has 0 radical (unpaired) electrons. The minimum Gasteiger partial charge on any atom is -0.444 e. The molecule has 2 fully saturated rings. The molecule has 2 amide bonds. The number of alkyl carbamates (subject to hydrolysis) is 1. The molecule has 2 saturated heterocycles. The van der Waals surface area contributed by atoms with Crippen molar-refractivity contribution in [2.75, 3.05) is 16.4 Å². The van der Waals surface area contributed by atoms with Gasteiger partial charge in [-0.15, -0.1) is 0 Å². The Kier molecular flexibility index (Phi) is 8.27. The lowest BCUT2D eigenvalue weighted by Gasteiger charge is -2.26. The predicted molar refractivity (Wildman–Crippen MR) is 151 cm³/mol. The fourth-order valence-electron chi connectivity index (χ4n) is 4.19. The van der Waals surface area contributed by atoms with E-state index in [4.69, 9.17) is 16.3 Å². The van der Waals surface area contributed by atoms with Crippen molar-refractivity contribution in [1.29, 1.82) is 0 Å². The summed E-state index contributed by atoms with van der Waals surface area (Å²) in [5, 5.41) is 3.12. The van der Waals surface area contributed by atoms with Gasteiger partial charge in [-0.1, -0.05) is 69.6 Å². The van der Waals surface area contributed by atoms with Crippen molar-refractivity contribution >= 4 is 72.0 Å². The van der Waals surface area contributed by atoms with E-state index in [1.807, 2.05) is 30.3 Å². The Morgan fingerprint density at radius 1 is 1.22 bits per heavy atom. The summed E-state index contributed by atoms with van der Waals surface area (Å²) < 4.78 is 30.9. The number of hydrogen-bond donors (Lipinski definition) is 1. The topological polar surface area (TPSA) is 105 Å². The largest absolute Gasteiger partial charge is 0.444 e. The number of aliphatic imine (C=N–C) groups is 1. The Labute approximate surface area is 234 Å². The van der Waals surface area contributed by atoms with Gasteiger partial charge in [0.1, 0.15) is 11.6 Å². The van der Waals surface area contributed by atoms with Crippen LogP contribution in [0.3, 0.4) is 0 Å². The summed E-state index contributed by atoms with van der Waals surface area (Å²) in [5.74, 6) is -0.643. The van der Waals surface area contributed by atoms with Crippen LogP contribution in [-0.2, 0) is 25.8 Å². The number of carbonyl (C=O) groups is 2. The van der Waals surface area contributed by atoms with Gasteiger partial charge in [0.15, 0.2) is 15.0 Å². The summed E-state index contributed by atoms with van der Waals surface area (Å²) in [6, 6.07) is 13.1. The van der Waals surface area contributed by atoms with Crippen LogP contribution in [0.1, 0.15) is 26.3 Å². The molecule has 3 atom stereocenters. The molecule has 2 aromatic rings. The van der Waals surface area contributed by atoms with E-state index in [1.165, 1.54) is 11.8 Å². The number of sulfone groups is 1. The van der Waals surface area contributed by atoms with Crippen molar-refractivity contribution < 1.29 is 22.7 Å². The summed E-state index contributed by atoms with van der Waals surface area (Å²) in [6.45, 7) is 5.22. The Balaban J connectivity index is 1.67. The zero-order valence-electron chi connectivity index (χ0n) is 20.5. The quantitative estimate of drug-likeness (QED) is 0.505. The number of amides is 2. The third-order valence-electron chi connectivity index (χ3n) is 5.71. The molecule has 0 bridgehead atoms. The lowest BCUT2D eigenvalue weighted by atomic mass is 10.1. The number of ether oxygens (including phenoxy) is 1.